The number of aliphatic imine (C=N–C) groups is 1. The predicted molar refractivity (Wildman–Crippen MR) is 96.5 cm³/mol. The zero-order valence-electron chi connectivity index (χ0n) is 15.3. The van der Waals surface area contributed by atoms with Crippen molar-refractivity contribution in [3.8, 4) is 0 Å². The van der Waals surface area contributed by atoms with E-state index in [0.29, 0.717) is 12.0 Å². The first-order valence-electron chi connectivity index (χ1n) is 9.82. The van der Waals surface area contributed by atoms with E-state index in [4.69, 9.17) is 9.73 Å². The smallest absolute Gasteiger partial charge is 0.194 e. The van der Waals surface area contributed by atoms with Gasteiger partial charge >= 0.3 is 0 Å². The van der Waals surface area contributed by atoms with Crippen LogP contribution in [0, 0.1) is 5.41 Å². The van der Waals surface area contributed by atoms with Crippen molar-refractivity contribution < 1.29 is 4.74 Å². The summed E-state index contributed by atoms with van der Waals surface area (Å²) < 4.78 is 7.94. The zero-order chi connectivity index (χ0) is 17.1. The number of nitrogens with zero attached hydrogens (tertiary/aromatic N) is 5. The number of hydrogen-bond acceptors (Lipinski definition) is 4. The number of fused-ring (bicyclic) bond motifs is 1. The van der Waals surface area contributed by atoms with Gasteiger partial charge in [0.1, 0.15) is 12.4 Å². The first kappa shape index (κ1) is 16.8. The van der Waals surface area contributed by atoms with Gasteiger partial charge in [-0.1, -0.05) is 6.42 Å². The van der Waals surface area contributed by atoms with Crippen LogP contribution in [-0.2, 0) is 24.2 Å². The van der Waals surface area contributed by atoms with Gasteiger partial charge < -0.3 is 19.5 Å². The largest absolute Gasteiger partial charge is 0.381 e. The van der Waals surface area contributed by atoms with Crippen LogP contribution in [0.1, 0.15) is 50.7 Å². The Hall–Kier alpha value is -1.63. The third-order valence-corrected chi connectivity index (χ3v) is 5.81. The standard InChI is InChI=1S/C18H30N6O/c1-2-19-17(23-10-7-18(13-23)8-11-25-14-18)20-12-16-22-21-15-6-4-3-5-9-24(15)16/h2-14H2,1H3,(H,19,20). The lowest BCUT2D eigenvalue weighted by Crippen LogP contribution is -2.41. The molecule has 138 valence electrons. The van der Waals surface area contributed by atoms with Crippen LogP contribution in [0.2, 0.25) is 0 Å². The third kappa shape index (κ3) is 3.52. The molecule has 0 saturated carbocycles. The molecule has 1 aromatic rings. The van der Waals surface area contributed by atoms with E-state index in [1.54, 1.807) is 0 Å². The highest BCUT2D eigenvalue weighted by atomic mass is 16.5. The number of aromatic nitrogens is 3. The molecule has 4 heterocycles. The van der Waals surface area contributed by atoms with Crippen LogP contribution in [0.25, 0.3) is 0 Å². The summed E-state index contributed by atoms with van der Waals surface area (Å²) in [6.07, 6.45) is 7.16. The van der Waals surface area contributed by atoms with Crippen LogP contribution < -0.4 is 5.32 Å². The Morgan fingerprint density at radius 3 is 3.04 bits per heavy atom. The van der Waals surface area contributed by atoms with Crippen molar-refractivity contribution in [1.29, 1.82) is 0 Å². The van der Waals surface area contributed by atoms with Gasteiger partial charge in [0.25, 0.3) is 0 Å². The molecule has 0 radical (unpaired) electrons. The van der Waals surface area contributed by atoms with E-state index < -0.39 is 0 Å². The summed E-state index contributed by atoms with van der Waals surface area (Å²) in [4.78, 5) is 7.30. The van der Waals surface area contributed by atoms with E-state index in [2.05, 4.69) is 31.9 Å². The van der Waals surface area contributed by atoms with Crippen molar-refractivity contribution >= 4 is 5.96 Å². The number of hydrogen-bond donors (Lipinski definition) is 1. The second-order valence-electron chi connectivity index (χ2n) is 7.64. The van der Waals surface area contributed by atoms with Crippen LogP contribution in [-0.4, -0.2) is 58.5 Å². The SMILES string of the molecule is CCNC(=NCc1nnc2n1CCCCC2)N1CCC2(CCOC2)C1. The summed E-state index contributed by atoms with van der Waals surface area (Å²) >= 11 is 0. The molecule has 2 saturated heterocycles. The van der Waals surface area contributed by atoms with Crippen LogP contribution in [0.4, 0.5) is 0 Å². The minimum absolute atomic E-state index is 0.349. The average Bonchev–Trinajstić information content (AvgIpc) is 3.31. The minimum Gasteiger partial charge on any atom is -0.381 e. The maximum Gasteiger partial charge on any atom is 0.194 e. The number of aryl methyl sites for hydroxylation is 1. The van der Waals surface area contributed by atoms with Crippen molar-refractivity contribution in [3.05, 3.63) is 11.6 Å². The molecule has 4 rings (SSSR count). The van der Waals surface area contributed by atoms with Crippen molar-refractivity contribution in [1.82, 2.24) is 25.0 Å². The molecule has 1 spiro atoms. The highest BCUT2D eigenvalue weighted by Crippen LogP contribution is 2.38. The van der Waals surface area contributed by atoms with Gasteiger partial charge in [0.05, 0.1) is 6.61 Å². The lowest BCUT2D eigenvalue weighted by atomic mass is 9.87. The molecule has 3 aliphatic heterocycles. The van der Waals surface area contributed by atoms with Gasteiger partial charge in [0.15, 0.2) is 11.8 Å². The van der Waals surface area contributed by atoms with Crippen molar-refractivity contribution in [2.24, 2.45) is 10.4 Å². The zero-order valence-corrected chi connectivity index (χ0v) is 15.3. The van der Waals surface area contributed by atoms with Crippen LogP contribution in [0.5, 0.6) is 0 Å². The number of guanidine groups is 1. The number of rotatable bonds is 3. The van der Waals surface area contributed by atoms with Gasteiger partial charge in [-0.2, -0.15) is 0 Å². The maximum absolute atomic E-state index is 5.65. The summed E-state index contributed by atoms with van der Waals surface area (Å²) in [6, 6.07) is 0. The monoisotopic (exact) mass is 346 g/mol. The summed E-state index contributed by atoms with van der Waals surface area (Å²) in [5, 5.41) is 12.3. The summed E-state index contributed by atoms with van der Waals surface area (Å²) in [5.74, 6) is 3.15. The van der Waals surface area contributed by atoms with Gasteiger partial charge in [0.2, 0.25) is 0 Å². The molecule has 0 bridgehead atoms. The fourth-order valence-corrected chi connectivity index (χ4v) is 4.32. The molecule has 3 aliphatic rings. The van der Waals surface area contributed by atoms with Crippen LogP contribution in [0.15, 0.2) is 4.99 Å². The van der Waals surface area contributed by atoms with Crippen LogP contribution >= 0.6 is 0 Å². The van der Waals surface area contributed by atoms with Crippen molar-refractivity contribution in [2.45, 2.75) is 58.5 Å². The fourth-order valence-electron chi connectivity index (χ4n) is 4.32. The summed E-state index contributed by atoms with van der Waals surface area (Å²) in [7, 11) is 0. The van der Waals surface area contributed by atoms with E-state index in [1.807, 2.05) is 0 Å². The Morgan fingerprint density at radius 1 is 1.24 bits per heavy atom. The van der Waals surface area contributed by atoms with Gasteiger partial charge in [-0.05, 0) is 32.6 Å². The molecule has 1 N–H and O–H groups in total. The first-order chi connectivity index (χ1) is 12.3. The second kappa shape index (κ2) is 7.32. The second-order valence-corrected chi connectivity index (χ2v) is 7.64. The van der Waals surface area contributed by atoms with Crippen molar-refractivity contribution in [2.75, 3.05) is 32.8 Å². The summed E-state index contributed by atoms with van der Waals surface area (Å²) in [6.45, 7) is 8.58. The molecule has 0 aliphatic carbocycles. The predicted octanol–water partition coefficient (Wildman–Crippen LogP) is 1.58. The lowest BCUT2D eigenvalue weighted by Gasteiger charge is -2.24. The minimum atomic E-state index is 0.349. The van der Waals surface area contributed by atoms with E-state index in [-0.39, 0.29) is 0 Å². The molecule has 7 nitrogen and oxygen atoms in total. The van der Waals surface area contributed by atoms with E-state index >= 15 is 0 Å². The highest BCUT2D eigenvalue weighted by Gasteiger charge is 2.42. The molecule has 7 heteroatoms. The molecule has 1 aromatic heterocycles. The van der Waals surface area contributed by atoms with Gasteiger partial charge in [-0.3, -0.25) is 0 Å². The summed E-state index contributed by atoms with van der Waals surface area (Å²) in [5.41, 5.74) is 0.349. The maximum atomic E-state index is 5.65. The van der Waals surface area contributed by atoms with E-state index in [1.165, 1.54) is 32.1 Å². The first-order valence-corrected chi connectivity index (χ1v) is 9.82. The third-order valence-electron chi connectivity index (χ3n) is 5.81. The molecular weight excluding hydrogens is 316 g/mol. The lowest BCUT2D eigenvalue weighted by molar-refractivity contribution is 0.156. The van der Waals surface area contributed by atoms with E-state index in [0.717, 1.165) is 63.4 Å². The Kier molecular flexibility index (Phi) is 4.92. The van der Waals surface area contributed by atoms with Gasteiger partial charge in [0, 0.05) is 44.6 Å². The molecular formula is C18H30N6O. The Morgan fingerprint density at radius 2 is 2.20 bits per heavy atom. The topological polar surface area (TPSA) is 67.6 Å². The van der Waals surface area contributed by atoms with Crippen LogP contribution in [0.3, 0.4) is 0 Å². The van der Waals surface area contributed by atoms with Crippen molar-refractivity contribution in [3.63, 3.8) is 0 Å². The highest BCUT2D eigenvalue weighted by molar-refractivity contribution is 5.80. The van der Waals surface area contributed by atoms with Gasteiger partial charge in [-0.25, -0.2) is 4.99 Å². The molecule has 1 atom stereocenters. The molecule has 0 aromatic carbocycles. The Balaban J connectivity index is 1.47. The quantitative estimate of drug-likeness (QED) is 0.665. The molecule has 25 heavy (non-hydrogen) atoms. The molecule has 2 fully saturated rings. The Bertz CT molecular complexity index is 619. The average molecular weight is 346 g/mol. The normalized spacial score (nSPS) is 26.9. The Labute approximate surface area is 149 Å². The van der Waals surface area contributed by atoms with Gasteiger partial charge in [-0.15, -0.1) is 10.2 Å². The van der Waals surface area contributed by atoms with E-state index in [9.17, 15) is 0 Å². The molecule has 1 unspecified atom stereocenters. The fraction of sp³-hybridized carbons (Fsp3) is 0.833. The number of ether oxygens (including phenoxy) is 1. The number of likely N-dealkylation sites (tertiary alicyclic amines) is 1. The molecule has 0 amide bonds. The number of nitrogens with one attached hydrogen (secondary N) is 1.